The van der Waals surface area contributed by atoms with Crippen molar-refractivity contribution in [1.29, 1.82) is 0 Å². The van der Waals surface area contributed by atoms with Crippen LogP contribution in [0.1, 0.15) is 24.3 Å². The Hall–Kier alpha value is -2.66. The van der Waals surface area contributed by atoms with Gasteiger partial charge in [0.05, 0.1) is 0 Å². The minimum atomic E-state index is -0.572. The molecule has 0 fully saturated rings. The minimum absolute atomic E-state index is 0.164. The van der Waals surface area contributed by atoms with Crippen molar-refractivity contribution in [3.63, 3.8) is 0 Å². The maximum atomic E-state index is 12.1. The lowest BCUT2D eigenvalue weighted by Crippen LogP contribution is -2.25. The third-order valence-electron chi connectivity index (χ3n) is 4.13. The SMILES string of the molecule is CC(=O)N1N=C(c2cccc(Br)c2)OC1c1cccc2ccccc12. The topological polar surface area (TPSA) is 41.9 Å². The van der Waals surface area contributed by atoms with E-state index in [4.69, 9.17) is 4.74 Å². The highest BCUT2D eigenvalue weighted by Gasteiger charge is 2.34. The van der Waals surface area contributed by atoms with Crippen LogP contribution in [0.25, 0.3) is 10.8 Å². The Kier molecular flexibility index (Phi) is 4.01. The second-order valence-corrected chi connectivity index (χ2v) is 6.73. The molecule has 1 amide bonds. The Morgan fingerprint density at radius 2 is 1.84 bits per heavy atom. The van der Waals surface area contributed by atoms with E-state index in [2.05, 4.69) is 21.0 Å². The van der Waals surface area contributed by atoms with Crippen molar-refractivity contribution in [3.8, 4) is 0 Å². The molecule has 1 aliphatic heterocycles. The Bertz CT molecular complexity index is 994. The lowest BCUT2D eigenvalue weighted by molar-refractivity contribution is -0.135. The van der Waals surface area contributed by atoms with Gasteiger partial charge in [0.2, 0.25) is 18.0 Å². The van der Waals surface area contributed by atoms with Gasteiger partial charge in [0.15, 0.2) is 0 Å². The third kappa shape index (κ3) is 2.91. The van der Waals surface area contributed by atoms with Crippen molar-refractivity contribution in [2.45, 2.75) is 13.2 Å². The molecule has 25 heavy (non-hydrogen) atoms. The molecule has 4 rings (SSSR count). The Morgan fingerprint density at radius 3 is 2.64 bits per heavy atom. The summed E-state index contributed by atoms with van der Waals surface area (Å²) in [5.74, 6) is 0.275. The van der Waals surface area contributed by atoms with E-state index < -0.39 is 6.23 Å². The Morgan fingerprint density at radius 1 is 1.08 bits per heavy atom. The van der Waals surface area contributed by atoms with Gasteiger partial charge in [-0.25, -0.2) is 0 Å². The van der Waals surface area contributed by atoms with E-state index in [0.29, 0.717) is 5.90 Å². The molecule has 5 heteroatoms. The molecular formula is C20H15BrN2O2. The second-order valence-electron chi connectivity index (χ2n) is 5.82. The standard InChI is InChI=1S/C20H15BrN2O2/c1-13(24)23-20(18-11-5-7-14-6-2-3-10-17(14)18)25-19(22-23)15-8-4-9-16(21)12-15/h2-12,20H,1H3. The number of ether oxygens (including phenoxy) is 1. The highest BCUT2D eigenvalue weighted by Crippen LogP contribution is 2.34. The fraction of sp³-hybridized carbons (Fsp3) is 0.100. The van der Waals surface area contributed by atoms with Crippen LogP contribution in [0, 0.1) is 0 Å². The van der Waals surface area contributed by atoms with Gasteiger partial charge in [-0.15, -0.1) is 5.10 Å². The van der Waals surface area contributed by atoms with Gasteiger partial charge in [-0.2, -0.15) is 5.01 Å². The van der Waals surface area contributed by atoms with E-state index in [1.807, 2.05) is 66.7 Å². The fourth-order valence-corrected chi connectivity index (χ4v) is 3.37. The zero-order valence-corrected chi connectivity index (χ0v) is 15.1. The molecule has 0 aromatic heterocycles. The van der Waals surface area contributed by atoms with E-state index in [-0.39, 0.29) is 5.91 Å². The first-order chi connectivity index (χ1) is 12.1. The Balaban J connectivity index is 1.79. The molecule has 0 saturated carbocycles. The number of hydrogen-bond acceptors (Lipinski definition) is 3. The summed E-state index contributed by atoms with van der Waals surface area (Å²) in [5, 5.41) is 7.97. The lowest BCUT2D eigenvalue weighted by atomic mass is 10.0. The molecule has 1 aliphatic rings. The normalized spacial score (nSPS) is 16.6. The number of halogens is 1. The number of carbonyl (C=O) groups is 1. The number of hydrazone groups is 1. The smallest absolute Gasteiger partial charge is 0.243 e. The van der Waals surface area contributed by atoms with Crippen molar-refractivity contribution < 1.29 is 9.53 Å². The molecule has 4 nitrogen and oxygen atoms in total. The van der Waals surface area contributed by atoms with E-state index in [1.54, 1.807) is 0 Å². The van der Waals surface area contributed by atoms with Gasteiger partial charge in [-0.3, -0.25) is 4.79 Å². The average molecular weight is 395 g/mol. The number of amides is 1. The Labute approximate surface area is 153 Å². The highest BCUT2D eigenvalue weighted by molar-refractivity contribution is 9.10. The van der Waals surface area contributed by atoms with Gasteiger partial charge in [0.25, 0.3) is 0 Å². The van der Waals surface area contributed by atoms with Crippen molar-refractivity contribution in [1.82, 2.24) is 5.01 Å². The van der Waals surface area contributed by atoms with Crippen molar-refractivity contribution >= 4 is 38.5 Å². The molecule has 3 aromatic rings. The van der Waals surface area contributed by atoms with Crippen LogP contribution in [0.4, 0.5) is 0 Å². The molecular weight excluding hydrogens is 380 g/mol. The average Bonchev–Trinajstić information content (AvgIpc) is 3.07. The first kappa shape index (κ1) is 15.8. The van der Waals surface area contributed by atoms with Crippen LogP contribution in [0.3, 0.4) is 0 Å². The molecule has 1 unspecified atom stereocenters. The maximum absolute atomic E-state index is 12.1. The van der Waals surface area contributed by atoms with Gasteiger partial charge >= 0.3 is 0 Å². The van der Waals surface area contributed by atoms with E-state index in [1.165, 1.54) is 11.9 Å². The predicted octanol–water partition coefficient (Wildman–Crippen LogP) is 4.84. The molecule has 0 N–H and O–H groups in total. The molecule has 0 aliphatic carbocycles. The first-order valence-electron chi connectivity index (χ1n) is 7.92. The van der Waals surface area contributed by atoms with Crippen molar-refractivity contribution in [3.05, 3.63) is 82.3 Å². The van der Waals surface area contributed by atoms with Gasteiger partial charge in [-0.1, -0.05) is 64.5 Å². The van der Waals surface area contributed by atoms with Crippen LogP contribution in [0.5, 0.6) is 0 Å². The van der Waals surface area contributed by atoms with Crippen LogP contribution >= 0.6 is 15.9 Å². The molecule has 1 heterocycles. The summed E-state index contributed by atoms with van der Waals surface area (Å²) in [4.78, 5) is 12.1. The molecule has 0 radical (unpaired) electrons. The molecule has 0 saturated heterocycles. The van der Waals surface area contributed by atoms with Gasteiger partial charge < -0.3 is 4.74 Å². The van der Waals surface area contributed by atoms with Crippen LogP contribution in [0.2, 0.25) is 0 Å². The number of carbonyl (C=O) groups excluding carboxylic acids is 1. The van der Waals surface area contributed by atoms with Crippen molar-refractivity contribution in [2.24, 2.45) is 5.10 Å². The quantitative estimate of drug-likeness (QED) is 0.623. The summed E-state index contributed by atoms with van der Waals surface area (Å²) in [6.07, 6.45) is -0.572. The maximum Gasteiger partial charge on any atom is 0.243 e. The van der Waals surface area contributed by atoms with Gasteiger partial charge in [-0.05, 0) is 29.0 Å². The minimum Gasteiger partial charge on any atom is -0.446 e. The predicted molar refractivity (Wildman–Crippen MR) is 101 cm³/mol. The summed E-state index contributed by atoms with van der Waals surface area (Å²) in [7, 11) is 0. The fourth-order valence-electron chi connectivity index (χ4n) is 2.97. The van der Waals surface area contributed by atoms with Gasteiger partial charge in [0, 0.05) is 22.5 Å². The molecule has 0 bridgehead atoms. The highest BCUT2D eigenvalue weighted by atomic mass is 79.9. The van der Waals surface area contributed by atoms with Crippen LogP contribution in [-0.2, 0) is 9.53 Å². The number of hydrogen-bond donors (Lipinski definition) is 0. The first-order valence-corrected chi connectivity index (χ1v) is 8.71. The van der Waals surface area contributed by atoms with E-state index in [0.717, 1.165) is 26.4 Å². The van der Waals surface area contributed by atoms with E-state index >= 15 is 0 Å². The summed E-state index contributed by atoms with van der Waals surface area (Å²) in [6.45, 7) is 1.49. The lowest BCUT2D eigenvalue weighted by Gasteiger charge is -2.20. The molecule has 3 aromatic carbocycles. The third-order valence-corrected chi connectivity index (χ3v) is 4.62. The second kappa shape index (κ2) is 6.33. The number of nitrogens with zero attached hydrogens (tertiary/aromatic N) is 2. The number of benzene rings is 3. The summed E-state index contributed by atoms with van der Waals surface area (Å²) in [5.41, 5.74) is 1.74. The van der Waals surface area contributed by atoms with Crippen LogP contribution < -0.4 is 0 Å². The summed E-state index contributed by atoms with van der Waals surface area (Å²) in [6, 6.07) is 21.7. The summed E-state index contributed by atoms with van der Waals surface area (Å²) >= 11 is 3.45. The molecule has 124 valence electrons. The largest absolute Gasteiger partial charge is 0.446 e. The molecule has 1 atom stereocenters. The van der Waals surface area contributed by atoms with Crippen LogP contribution in [-0.4, -0.2) is 16.8 Å². The monoisotopic (exact) mass is 394 g/mol. The number of rotatable bonds is 2. The van der Waals surface area contributed by atoms with Crippen LogP contribution in [0.15, 0.2) is 76.3 Å². The van der Waals surface area contributed by atoms with Gasteiger partial charge in [0.1, 0.15) is 0 Å². The van der Waals surface area contributed by atoms with Crippen molar-refractivity contribution in [2.75, 3.05) is 0 Å². The number of fused-ring (bicyclic) bond motifs is 1. The zero-order valence-electron chi connectivity index (χ0n) is 13.5. The molecule has 0 spiro atoms. The summed E-state index contributed by atoms with van der Waals surface area (Å²) < 4.78 is 7.03. The zero-order chi connectivity index (χ0) is 17.4. The van der Waals surface area contributed by atoms with E-state index in [9.17, 15) is 4.79 Å².